The minimum Gasteiger partial charge on any atom is -0.497 e. The molecule has 1 aromatic carbocycles. The average Bonchev–Trinajstić information content (AvgIpc) is 3.10. The Hall–Kier alpha value is -1.71. The van der Waals surface area contributed by atoms with Gasteiger partial charge in [0.1, 0.15) is 5.75 Å². The normalized spacial score (nSPS) is 28.2. The van der Waals surface area contributed by atoms with E-state index >= 15 is 0 Å². The highest BCUT2D eigenvalue weighted by Gasteiger charge is 2.42. The molecule has 114 valence electrons. The first-order chi connectivity index (χ1) is 10.2. The van der Waals surface area contributed by atoms with Gasteiger partial charge in [0, 0.05) is 11.7 Å². The van der Waals surface area contributed by atoms with Crippen LogP contribution >= 0.6 is 0 Å². The highest BCUT2D eigenvalue weighted by molar-refractivity contribution is 5.89. The smallest absolute Gasteiger partial charge is 0.319 e. The minimum absolute atomic E-state index is 0.115. The number of carbonyl (C=O) groups excluding carboxylic acids is 1. The lowest BCUT2D eigenvalue weighted by atomic mass is 9.84. The number of methoxy groups -OCH3 is 1. The van der Waals surface area contributed by atoms with Crippen molar-refractivity contribution in [1.29, 1.82) is 0 Å². The molecule has 21 heavy (non-hydrogen) atoms. The zero-order valence-corrected chi connectivity index (χ0v) is 12.8. The number of hydrogen-bond donors (Lipinski definition) is 2. The Morgan fingerprint density at radius 1 is 1.24 bits per heavy atom. The van der Waals surface area contributed by atoms with E-state index < -0.39 is 0 Å². The lowest BCUT2D eigenvalue weighted by Gasteiger charge is -2.28. The van der Waals surface area contributed by atoms with Crippen molar-refractivity contribution in [2.75, 3.05) is 12.4 Å². The fourth-order valence-electron chi connectivity index (χ4n) is 4.06. The topological polar surface area (TPSA) is 50.4 Å². The largest absolute Gasteiger partial charge is 0.497 e. The van der Waals surface area contributed by atoms with Crippen molar-refractivity contribution < 1.29 is 9.53 Å². The lowest BCUT2D eigenvalue weighted by molar-refractivity contribution is 0.230. The summed E-state index contributed by atoms with van der Waals surface area (Å²) in [5.41, 5.74) is 0.786. The summed E-state index contributed by atoms with van der Waals surface area (Å²) in [6, 6.07) is 7.51. The first-order valence-electron chi connectivity index (χ1n) is 7.87. The van der Waals surface area contributed by atoms with Gasteiger partial charge >= 0.3 is 6.03 Å². The highest BCUT2D eigenvalue weighted by atomic mass is 16.5. The number of benzene rings is 1. The molecule has 4 nitrogen and oxygen atoms in total. The molecule has 1 aromatic rings. The molecule has 4 atom stereocenters. The maximum Gasteiger partial charge on any atom is 0.319 e. The third kappa shape index (κ3) is 3.14. The van der Waals surface area contributed by atoms with Gasteiger partial charge in [0.25, 0.3) is 0 Å². The number of ether oxygens (including phenoxy) is 1. The molecule has 0 unspecified atom stereocenters. The lowest BCUT2D eigenvalue weighted by Crippen LogP contribution is -2.42. The number of rotatable bonds is 4. The summed E-state index contributed by atoms with van der Waals surface area (Å²) in [6.07, 6.45) is 5.40. The number of urea groups is 1. The Kier molecular flexibility index (Phi) is 4.04. The van der Waals surface area contributed by atoms with Gasteiger partial charge in [0.2, 0.25) is 0 Å². The Balaban J connectivity index is 1.51. The van der Waals surface area contributed by atoms with Crippen LogP contribution in [-0.2, 0) is 0 Å². The van der Waals surface area contributed by atoms with Gasteiger partial charge < -0.3 is 15.4 Å². The van der Waals surface area contributed by atoms with E-state index in [0.29, 0.717) is 5.92 Å². The standard InChI is InChI=1S/C17H24N2O2/c1-11(16-10-12-3-4-13(16)9-12)18-17(20)19-14-5-7-15(21-2)8-6-14/h5-8,11-13,16H,3-4,9-10H2,1-2H3,(H2,18,19,20)/t11-,12+,13+,16+/m0/s1. The van der Waals surface area contributed by atoms with Crippen molar-refractivity contribution in [3.8, 4) is 5.75 Å². The Morgan fingerprint density at radius 2 is 2.00 bits per heavy atom. The van der Waals surface area contributed by atoms with Crippen LogP contribution in [-0.4, -0.2) is 19.2 Å². The Labute approximate surface area is 126 Å². The van der Waals surface area contributed by atoms with Gasteiger partial charge in [-0.15, -0.1) is 0 Å². The predicted molar refractivity (Wildman–Crippen MR) is 83.5 cm³/mol. The fourth-order valence-corrected chi connectivity index (χ4v) is 4.06. The first-order valence-corrected chi connectivity index (χ1v) is 7.87. The van der Waals surface area contributed by atoms with Crippen molar-refractivity contribution in [3.63, 3.8) is 0 Å². The molecule has 0 aliphatic heterocycles. The summed E-state index contributed by atoms with van der Waals surface area (Å²) in [7, 11) is 1.63. The van der Waals surface area contributed by atoms with Crippen LogP contribution in [0.1, 0.15) is 32.6 Å². The summed E-state index contributed by atoms with van der Waals surface area (Å²) in [6.45, 7) is 2.14. The van der Waals surface area contributed by atoms with Crippen molar-refractivity contribution in [2.45, 2.75) is 38.6 Å². The number of hydrogen-bond acceptors (Lipinski definition) is 2. The van der Waals surface area contributed by atoms with Crippen molar-refractivity contribution in [2.24, 2.45) is 17.8 Å². The van der Waals surface area contributed by atoms with Crippen molar-refractivity contribution in [3.05, 3.63) is 24.3 Å². The molecule has 3 rings (SSSR count). The van der Waals surface area contributed by atoms with Crippen molar-refractivity contribution >= 4 is 11.7 Å². The summed E-state index contributed by atoms with van der Waals surface area (Å²) in [5, 5.41) is 5.99. The number of fused-ring (bicyclic) bond motifs is 2. The van der Waals surface area contributed by atoms with Gasteiger partial charge in [-0.2, -0.15) is 0 Å². The third-order valence-electron chi connectivity index (χ3n) is 5.14. The molecule has 2 aliphatic carbocycles. The molecule has 0 saturated heterocycles. The molecular weight excluding hydrogens is 264 g/mol. The van der Waals surface area contributed by atoms with E-state index in [2.05, 4.69) is 17.6 Å². The van der Waals surface area contributed by atoms with E-state index in [4.69, 9.17) is 4.74 Å². The molecule has 2 N–H and O–H groups in total. The molecule has 0 radical (unpaired) electrons. The van der Waals surface area contributed by atoms with E-state index in [-0.39, 0.29) is 12.1 Å². The van der Waals surface area contributed by atoms with Crippen LogP contribution in [0.4, 0.5) is 10.5 Å². The van der Waals surface area contributed by atoms with Gasteiger partial charge in [-0.25, -0.2) is 4.79 Å². The van der Waals surface area contributed by atoms with Crippen LogP contribution in [0.25, 0.3) is 0 Å². The highest BCUT2D eigenvalue weighted by Crippen LogP contribution is 2.49. The number of carbonyl (C=O) groups is 1. The van der Waals surface area contributed by atoms with Crippen LogP contribution in [0.5, 0.6) is 5.75 Å². The molecular formula is C17H24N2O2. The van der Waals surface area contributed by atoms with E-state index in [0.717, 1.165) is 23.3 Å². The van der Waals surface area contributed by atoms with Gasteiger partial charge in [0.05, 0.1) is 7.11 Å². The van der Waals surface area contributed by atoms with Crippen LogP contribution in [0.15, 0.2) is 24.3 Å². The third-order valence-corrected chi connectivity index (χ3v) is 5.14. The molecule has 0 spiro atoms. The maximum atomic E-state index is 12.1. The average molecular weight is 288 g/mol. The second-order valence-corrected chi connectivity index (χ2v) is 6.45. The van der Waals surface area contributed by atoms with E-state index in [1.165, 1.54) is 25.7 Å². The van der Waals surface area contributed by atoms with Crippen LogP contribution < -0.4 is 15.4 Å². The second-order valence-electron chi connectivity index (χ2n) is 6.45. The van der Waals surface area contributed by atoms with E-state index in [1.807, 2.05) is 24.3 Å². The summed E-state index contributed by atoms with van der Waals surface area (Å²) >= 11 is 0. The zero-order valence-electron chi connectivity index (χ0n) is 12.8. The van der Waals surface area contributed by atoms with Gasteiger partial charge in [-0.3, -0.25) is 0 Å². The molecule has 2 saturated carbocycles. The first kappa shape index (κ1) is 14.2. The quantitative estimate of drug-likeness (QED) is 0.888. The van der Waals surface area contributed by atoms with Gasteiger partial charge in [-0.05, 0) is 68.2 Å². The molecule has 0 aromatic heterocycles. The second kappa shape index (κ2) is 5.96. The van der Waals surface area contributed by atoms with E-state index in [1.54, 1.807) is 7.11 Å². The molecule has 2 amide bonds. The molecule has 4 heteroatoms. The Morgan fingerprint density at radius 3 is 2.57 bits per heavy atom. The maximum absolute atomic E-state index is 12.1. The zero-order chi connectivity index (χ0) is 14.8. The molecule has 2 bridgehead atoms. The summed E-state index contributed by atoms with van der Waals surface area (Å²) in [4.78, 5) is 12.1. The van der Waals surface area contributed by atoms with Crippen LogP contribution in [0.3, 0.4) is 0 Å². The Bertz CT molecular complexity index is 500. The molecule has 2 aliphatic rings. The fraction of sp³-hybridized carbons (Fsp3) is 0.588. The minimum atomic E-state index is -0.115. The number of nitrogens with one attached hydrogen (secondary N) is 2. The molecule has 0 heterocycles. The van der Waals surface area contributed by atoms with E-state index in [9.17, 15) is 4.79 Å². The summed E-state index contributed by atoms with van der Waals surface area (Å²) in [5.74, 6) is 3.18. The van der Waals surface area contributed by atoms with Crippen molar-refractivity contribution in [1.82, 2.24) is 5.32 Å². The SMILES string of the molecule is COc1ccc(NC(=O)N[C@@H](C)[C@H]2C[C@@H]3CC[C@@H]2C3)cc1. The van der Waals surface area contributed by atoms with Gasteiger partial charge in [0.15, 0.2) is 0 Å². The molecule has 2 fully saturated rings. The monoisotopic (exact) mass is 288 g/mol. The number of anilines is 1. The van der Waals surface area contributed by atoms with Gasteiger partial charge in [-0.1, -0.05) is 6.42 Å². The van der Waals surface area contributed by atoms with Crippen LogP contribution in [0, 0.1) is 17.8 Å². The van der Waals surface area contributed by atoms with Crippen LogP contribution in [0.2, 0.25) is 0 Å². The number of amides is 2. The summed E-state index contributed by atoms with van der Waals surface area (Å²) < 4.78 is 5.11. The predicted octanol–water partition coefficient (Wildman–Crippen LogP) is 3.64.